The van der Waals surface area contributed by atoms with Crippen molar-refractivity contribution >= 4 is 23.6 Å². The number of rotatable bonds is 7. The van der Waals surface area contributed by atoms with Crippen LogP contribution in [0.15, 0.2) is 24.3 Å². The zero-order valence-electron chi connectivity index (χ0n) is 19.2. The summed E-state index contributed by atoms with van der Waals surface area (Å²) < 4.78 is 5.16. The predicted octanol–water partition coefficient (Wildman–Crippen LogP) is 2.24. The summed E-state index contributed by atoms with van der Waals surface area (Å²) in [5, 5.41) is 17.3. The fraction of sp³-hybridized carbons (Fsp3) is 0.565. The largest absolute Gasteiger partial charge is 0.444 e. The molecule has 1 heterocycles. The van der Waals surface area contributed by atoms with Crippen molar-refractivity contribution in [2.24, 2.45) is 5.92 Å². The Morgan fingerprint density at radius 2 is 1.97 bits per heavy atom. The van der Waals surface area contributed by atoms with Gasteiger partial charge < -0.3 is 20.7 Å². The molecule has 0 radical (unpaired) electrons. The number of likely N-dealkylation sites (tertiary alicyclic amines) is 1. The molecular weight excluding hydrogens is 410 g/mol. The van der Waals surface area contributed by atoms with E-state index in [-0.39, 0.29) is 24.3 Å². The molecule has 9 heteroatoms. The van der Waals surface area contributed by atoms with E-state index >= 15 is 0 Å². The van der Waals surface area contributed by atoms with E-state index in [2.05, 4.69) is 22.0 Å². The van der Waals surface area contributed by atoms with Crippen LogP contribution in [-0.2, 0) is 14.3 Å². The smallest absolute Gasteiger partial charge is 0.407 e. The van der Waals surface area contributed by atoms with Crippen molar-refractivity contribution < 1.29 is 19.1 Å². The molecule has 3 amide bonds. The third kappa shape index (κ3) is 8.19. The molecule has 32 heavy (non-hydrogen) atoms. The van der Waals surface area contributed by atoms with E-state index < -0.39 is 17.7 Å². The number of carbonyl (C=O) groups is 3. The number of nitriles is 1. The molecule has 1 aromatic rings. The van der Waals surface area contributed by atoms with Crippen molar-refractivity contribution in [1.29, 1.82) is 5.26 Å². The van der Waals surface area contributed by atoms with Crippen LogP contribution in [0.1, 0.15) is 46.1 Å². The van der Waals surface area contributed by atoms with Crippen LogP contribution in [0.5, 0.6) is 0 Å². The van der Waals surface area contributed by atoms with Gasteiger partial charge in [0.05, 0.1) is 23.6 Å². The Morgan fingerprint density at radius 1 is 1.25 bits per heavy atom. The topological polar surface area (TPSA) is 124 Å². The first kappa shape index (κ1) is 25.1. The number of nitrogens with zero attached hydrogens (tertiary/aromatic N) is 2. The van der Waals surface area contributed by atoms with Crippen molar-refractivity contribution in [1.82, 2.24) is 15.5 Å². The Balaban J connectivity index is 1.79. The summed E-state index contributed by atoms with van der Waals surface area (Å²) in [7, 11) is 0. The average molecular weight is 444 g/mol. The number of benzene rings is 1. The van der Waals surface area contributed by atoms with E-state index in [4.69, 9.17) is 10.00 Å². The predicted molar refractivity (Wildman–Crippen MR) is 121 cm³/mol. The summed E-state index contributed by atoms with van der Waals surface area (Å²) in [5.41, 5.74) is 0.483. The quantitative estimate of drug-likeness (QED) is 0.555. The second-order valence-corrected chi connectivity index (χ2v) is 8.91. The number of amides is 3. The molecule has 1 aliphatic heterocycles. The monoisotopic (exact) mass is 443 g/mol. The first-order valence-corrected chi connectivity index (χ1v) is 10.9. The normalized spacial score (nSPS) is 17.5. The number of piperidine rings is 1. The number of alkyl carbamates (subject to hydrolysis) is 1. The van der Waals surface area contributed by atoms with E-state index in [1.54, 1.807) is 45.0 Å². The lowest BCUT2D eigenvalue weighted by atomic mass is 9.96. The summed E-state index contributed by atoms with van der Waals surface area (Å²) in [6.07, 6.45) is 1.05. The van der Waals surface area contributed by atoms with E-state index in [9.17, 15) is 14.4 Å². The summed E-state index contributed by atoms with van der Waals surface area (Å²) in [6.45, 7) is 8.97. The van der Waals surface area contributed by atoms with Crippen molar-refractivity contribution in [3.05, 3.63) is 29.8 Å². The van der Waals surface area contributed by atoms with Crippen LogP contribution >= 0.6 is 0 Å². The van der Waals surface area contributed by atoms with Crippen molar-refractivity contribution in [3.63, 3.8) is 0 Å². The zero-order valence-corrected chi connectivity index (χ0v) is 19.2. The second-order valence-electron chi connectivity index (χ2n) is 8.91. The maximum absolute atomic E-state index is 12.7. The highest BCUT2D eigenvalue weighted by Crippen LogP contribution is 2.20. The second kappa shape index (κ2) is 11.5. The van der Waals surface area contributed by atoms with E-state index in [0.717, 1.165) is 19.4 Å². The molecule has 0 bridgehead atoms. The summed E-state index contributed by atoms with van der Waals surface area (Å²) in [4.78, 5) is 38.9. The molecule has 0 spiro atoms. The van der Waals surface area contributed by atoms with Gasteiger partial charge in [-0.1, -0.05) is 6.07 Å². The van der Waals surface area contributed by atoms with Crippen LogP contribution in [0.2, 0.25) is 0 Å². The van der Waals surface area contributed by atoms with Gasteiger partial charge in [0.2, 0.25) is 11.8 Å². The maximum Gasteiger partial charge on any atom is 0.407 e. The fourth-order valence-electron chi connectivity index (χ4n) is 3.46. The van der Waals surface area contributed by atoms with Gasteiger partial charge >= 0.3 is 6.09 Å². The Kier molecular flexibility index (Phi) is 9.02. The first-order valence-electron chi connectivity index (χ1n) is 10.9. The Labute approximate surface area is 189 Å². The minimum absolute atomic E-state index is 0.0879. The van der Waals surface area contributed by atoms with Crippen LogP contribution < -0.4 is 16.0 Å². The Bertz CT molecular complexity index is 859. The molecule has 3 N–H and O–H groups in total. The molecule has 0 aliphatic carbocycles. The van der Waals surface area contributed by atoms with Crippen molar-refractivity contribution in [2.45, 2.75) is 52.2 Å². The molecule has 174 valence electrons. The third-order valence-corrected chi connectivity index (χ3v) is 5.10. The highest BCUT2D eigenvalue weighted by atomic mass is 16.6. The van der Waals surface area contributed by atoms with Gasteiger partial charge in [0.1, 0.15) is 5.60 Å². The zero-order chi connectivity index (χ0) is 23.7. The number of anilines is 1. The molecule has 1 fully saturated rings. The summed E-state index contributed by atoms with van der Waals surface area (Å²) >= 11 is 0. The lowest BCUT2D eigenvalue weighted by Crippen LogP contribution is -2.50. The molecule has 9 nitrogen and oxygen atoms in total. The Hall–Kier alpha value is -3.12. The number of carbonyl (C=O) groups excluding carboxylic acids is 3. The average Bonchev–Trinajstić information content (AvgIpc) is 2.75. The van der Waals surface area contributed by atoms with Gasteiger partial charge in [-0.3, -0.25) is 14.5 Å². The molecule has 1 saturated heterocycles. The minimum atomic E-state index is -0.569. The highest BCUT2D eigenvalue weighted by Gasteiger charge is 2.30. The minimum Gasteiger partial charge on any atom is -0.444 e. The number of nitrogens with one attached hydrogen (secondary N) is 3. The van der Waals surface area contributed by atoms with Crippen LogP contribution in [-0.4, -0.2) is 60.6 Å². The molecule has 0 aromatic heterocycles. The molecule has 2 atom stereocenters. The van der Waals surface area contributed by atoms with Crippen LogP contribution in [0, 0.1) is 17.2 Å². The Morgan fingerprint density at radius 3 is 2.66 bits per heavy atom. The molecule has 2 rings (SSSR count). The van der Waals surface area contributed by atoms with Gasteiger partial charge in [-0.05, 0) is 65.3 Å². The van der Waals surface area contributed by atoms with Crippen LogP contribution in [0.4, 0.5) is 10.5 Å². The lowest BCUT2D eigenvalue weighted by Gasteiger charge is -2.35. The van der Waals surface area contributed by atoms with E-state index in [0.29, 0.717) is 24.3 Å². The standard InChI is InChI=1S/C23H33N5O4/c1-16(20(29)27-19-9-5-7-17(13-19)14-24)28-12-6-8-18(15-28)21(30)25-10-11-26-22(31)32-23(2,3)4/h5,7,9,13,16,18H,6,8,10-12,15H2,1-4H3,(H,25,30)(H,26,31)(H,27,29). The lowest BCUT2D eigenvalue weighted by molar-refractivity contribution is -0.129. The molecule has 2 unspecified atom stereocenters. The van der Waals surface area contributed by atoms with Gasteiger partial charge in [-0.25, -0.2) is 4.79 Å². The first-order chi connectivity index (χ1) is 15.1. The molecule has 1 aliphatic rings. The van der Waals surface area contributed by atoms with E-state index in [1.165, 1.54) is 0 Å². The van der Waals surface area contributed by atoms with Crippen LogP contribution in [0.3, 0.4) is 0 Å². The van der Waals surface area contributed by atoms with E-state index in [1.807, 2.05) is 11.8 Å². The summed E-state index contributed by atoms with van der Waals surface area (Å²) in [6, 6.07) is 8.40. The van der Waals surface area contributed by atoms with Gasteiger partial charge in [-0.2, -0.15) is 5.26 Å². The van der Waals surface area contributed by atoms with Gasteiger partial charge in [0.25, 0.3) is 0 Å². The highest BCUT2D eigenvalue weighted by molar-refractivity contribution is 5.94. The van der Waals surface area contributed by atoms with Crippen molar-refractivity contribution in [3.8, 4) is 6.07 Å². The molecule has 1 aromatic carbocycles. The SMILES string of the molecule is CC(C(=O)Nc1cccc(C#N)c1)N1CCCC(C(=O)NCCNC(=O)OC(C)(C)C)C1. The van der Waals surface area contributed by atoms with Gasteiger partial charge in [-0.15, -0.1) is 0 Å². The number of hydrogen-bond donors (Lipinski definition) is 3. The molecular formula is C23H33N5O4. The number of ether oxygens (including phenoxy) is 1. The van der Waals surface area contributed by atoms with Crippen LogP contribution in [0.25, 0.3) is 0 Å². The van der Waals surface area contributed by atoms with Gasteiger partial charge in [0.15, 0.2) is 0 Å². The van der Waals surface area contributed by atoms with Crippen molar-refractivity contribution in [2.75, 3.05) is 31.5 Å². The summed E-state index contributed by atoms with van der Waals surface area (Å²) in [5.74, 6) is -0.486. The van der Waals surface area contributed by atoms with Gasteiger partial charge in [0, 0.05) is 25.3 Å². The fourth-order valence-corrected chi connectivity index (χ4v) is 3.46. The number of hydrogen-bond acceptors (Lipinski definition) is 6. The maximum atomic E-state index is 12.7. The molecule has 0 saturated carbocycles. The third-order valence-electron chi connectivity index (χ3n) is 5.10.